The second-order valence-corrected chi connectivity index (χ2v) is 15.1. The molecule has 1 aliphatic heterocycles. The predicted molar refractivity (Wildman–Crippen MR) is 187 cm³/mol. The Morgan fingerprint density at radius 2 is 1.83 bits per heavy atom. The van der Waals surface area contributed by atoms with Gasteiger partial charge in [-0.25, -0.2) is 4.99 Å². The van der Waals surface area contributed by atoms with Crippen molar-refractivity contribution in [3.63, 3.8) is 0 Å². The second-order valence-electron chi connectivity index (χ2n) is 13.3. The number of fused-ring (bicyclic) bond motifs is 1. The topological polar surface area (TPSA) is 74.9 Å². The summed E-state index contributed by atoms with van der Waals surface area (Å²) in [5.41, 5.74) is 4.78. The van der Waals surface area contributed by atoms with Gasteiger partial charge in [-0.05, 0) is 74.7 Å². The molecule has 0 saturated heterocycles. The van der Waals surface area contributed by atoms with Crippen LogP contribution in [0.1, 0.15) is 76.4 Å². The summed E-state index contributed by atoms with van der Waals surface area (Å²) in [6.45, 7) is 13.9. The standard InChI is InChI=1S/C38H45N3O4S/c1-8-44-36(42)38(5,6)22-33-35(46-37(2,3)4)31-21-30(45-25-29-11-9-10-20-39-29)17-18-32(31)41(33)24-26-12-14-27(15-13-26)28-16-19-34(43-7)40-23-28/h9-15,17-21,23,28H,8,16,22,24-25H2,1-7H3. The highest BCUT2D eigenvalue weighted by atomic mass is 32.2. The van der Waals surface area contributed by atoms with Gasteiger partial charge in [-0.1, -0.05) is 51.1 Å². The summed E-state index contributed by atoms with van der Waals surface area (Å²) in [5, 5.41) is 1.11. The van der Waals surface area contributed by atoms with E-state index in [0.29, 0.717) is 32.1 Å². The minimum atomic E-state index is -0.716. The summed E-state index contributed by atoms with van der Waals surface area (Å²) in [4.78, 5) is 23.2. The van der Waals surface area contributed by atoms with E-state index in [9.17, 15) is 4.79 Å². The Balaban J connectivity index is 1.55. The van der Waals surface area contributed by atoms with Crippen molar-refractivity contribution in [3.8, 4) is 5.75 Å². The van der Waals surface area contributed by atoms with Crippen LogP contribution in [0.5, 0.6) is 5.75 Å². The molecule has 1 aliphatic rings. The van der Waals surface area contributed by atoms with Gasteiger partial charge in [0.1, 0.15) is 12.4 Å². The zero-order valence-electron chi connectivity index (χ0n) is 28.0. The molecular formula is C38H45N3O4S. The number of hydrogen-bond acceptors (Lipinski definition) is 7. The Bertz CT molecular complexity index is 1720. The van der Waals surface area contributed by atoms with Gasteiger partial charge in [0.05, 0.1) is 24.8 Å². The maximum absolute atomic E-state index is 13.2. The number of ether oxygens (including phenoxy) is 3. The monoisotopic (exact) mass is 639 g/mol. The van der Waals surface area contributed by atoms with E-state index in [1.165, 1.54) is 16.0 Å². The number of benzene rings is 2. The first-order chi connectivity index (χ1) is 22.0. The third-order valence-corrected chi connectivity index (χ3v) is 9.21. The van der Waals surface area contributed by atoms with E-state index < -0.39 is 5.41 Å². The van der Waals surface area contributed by atoms with Crippen LogP contribution in [0.2, 0.25) is 0 Å². The fraction of sp³-hybridized carbons (Fsp3) is 0.395. The van der Waals surface area contributed by atoms with Crippen molar-refractivity contribution in [1.29, 1.82) is 0 Å². The summed E-state index contributed by atoms with van der Waals surface area (Å²) in [5.74, 6) is 1.48. The van der Waals surface area contributed by atoms with Crippen LogP contribution < -0.4 is 4.74 Å². The highest BCUT2D eigenvalue weighted by Crippen LogP contribution is 2.44. The molecule has 0 N–H and O–H groups in total. The van der Waals surface area contributed by atoms with Crippen molar-refractivity contribution in [2.75, 3.05) is 13.7 Å². The molecule has 7 nitrogen and oxygen atoms in total. The quantitative estimate of drug-likeness (QED) is 0.114. The normalized spacial score (nSPS) is 15.1. The molecule has 0 spiro atoms. The van der Waals surface area contributed by atoms with Crippen molar-refractivity contribution in [2.45, 2.75) is 83.1 Å². The van der Waals surface area contributed by atoms with Gasteiger partial charge in [0.2, 0.25) is 5.88 Å². The number of hydrogen-bond donors (Lipinski definition) is 0. The maximum Gasteiger partial charge on any atom is 0.311 e. The molecule has 2 aromatic heterocycles. The number of rotatable bonds is 12. The molecule has 4 aromatic rings. The Labute approximate surface area is 277 Å². The van der Waals surface area contributed by atoms with E-state index >= 15 is 0 Å². The lowest BCUT2D eigenvalue weighted by atomic mass is 9.87. The van der Waals surface area contributed by atoms with Crippen molar-refractivity contribution in [1.82, 2.24) is 9.55 Å². The highest BCUT2D eigenvalue weighted by Gasteiger charge is 2.34. The van der Waals surface area contributed by atoms with E-state index in [0.717, 1.165) is 34.5 Å². The van der Waals surface area contributed by atoms with Crippen LogP contribution in [0, 0.1) is 5.41 Å². The molecule has 5 rings (SSSR count). The van der Waals surface area contributed by atoms with Crippen LogP contribution in [0.25, 0.3) is 10.9 Å². The summed E-state index contributed by atoms with van der Waals surface area (Å²) < 4.78 is 19.3. The van der Waals surface area contributed by atoms with Gasteiger partial charge < -0.3 is 18.8 Å². The Morgan fingerprint density at radius 3 is 2.46 bits per heavy atom. The van der Waals surface area contributed by atoms with E-state index in [-0.39, 0.29) is 16.6 Å². The number of pyridine rings is 1. The number of aliphatic imine (C=N–C) groups is 1. The molecule has 0 amide bonds. The van der Waals surface area contributed by atoms with Crippen molar-refractivity contribution in [3.05, 3.63) is 101 Å². The fourth-order valence-corrected chi connectivity index (χ4v) is 6.78. The lowest BCUT2D eigenvalue weighted by molar-refractivity contribution is -0.153. The van der Waals surface area contributed by atoms with Crippen molar-refractivity contribution in [2.24, 2.45) is 10.4 Å². The van der Waals surface area contributed by atoms with E-state index in [1.807, 2.05) is 69.1 Å². The number of thioether (sulfide) groups is 1. The lowest BCUT2D eigenvalue weighted by Crippen LogP contribution is -2.30. The number of carbonyl (C=O) groups excluding carboxylic acids is 1. The van der Waals surface area contributed by atoms with Crippen LogP contribution in [0.15, 0.2) is 88.7 Å². The van der Waals surface area contributed by atoms with Crippen molar-refractivity contribution < 1.29 is 19.0 Å². The average Bonchev–Trinajstić information content (AvgIpc) is 3.30. The SMILES string of the molecule is CCOC(=O)C(C)(C)Cc1c(SC(C)(C)C)c2cc(OCc3ccccn3)ccc2n1Cc1ccc(C2C=NC(OC)=CC2)cc1. The summed E-state index contributed by atoms with van der Waals surface area (Å²) in [6, 6.07) is 20.9. The van der Waals surface area contributed by atoms with Crippen molar-refractivity contribution >= 4 is 34.8 Å². The zero-order chi connectivity index (χ0) is 32.9. The maximum atomic E-state index is 13.2. The van der Waals surface area contributed by atoms with Crippen LogP contribution >= 0.6 is 11.8 Å². The summed E-state index contributed by atoms with van der Waals surface area (Å²) >= 11 is 1.83. The van der Waals surface area contributed by atoms with E-state index in [4.69, 9.17) is 14.2 Å². The molecule has 0 aliphatic carbocycles. The first kappa shape index (κ1) is 33.3. The molecule has 3 heterocycles. The van der Waals surface area contributed by atoms with Gasteiger partial charge in [-0.3, -0.25) is 9.78 Å². The highest BCUT2D eigenvalue weighted by molar-refractivity contribution is 8.00. The molecule has 1 atom stereocenters. The third-order valence-electron chi connectivity index (χ3n) is 7.94. The largest absolute Gasteiger partial charge is 0.487 e. The second kappa shape index (κ2) is 14.2. The van der Waals surface area contributed by atoms with E-state index in [1.54, 1.807) is 13.3 Å². The lowest BCUT2D eigenvalue weighted by Gasteiger charge is -2.26. The molecule has 46 heavy (non-hydrogen) atoms. The number of methoxy groups -OCH3 is 1. The predicted octanol–water partition coefficient (Wildman–Crippen LogP) is 8.73. The molecule has 8 heteroatoms. The molecule has 0 bridgehead atoms. The molecule has 0 radical (unpaired) electrons. The smallest absolute Gasteiger partial charge is 0.311 e. The zero-order valence-corrected chi connectivity index (χ0v) is 28.8. The molecule has 242 valence electrons. The minimum Gasteiger partial charge on any atom is -0.487 e. The average molecular weight is 640 g/mol. The number of esters is 1. The van der Waals surface area contributed by atoms with Gasteiger partial charge in [0, 0.05) is 57.5 Å². The molecule has 2 aromatic carbocycles. The Kier molecular flexibility index (Phi) is 10.3. The van der Waals surface area contributed by atoms with Gasteiger partial charge in [-0.15, -0.1) is 11.8 Å². The molecule has 0 saturated carbocycles. The molecule has 0 fully saturated rings. The van der Waals surface area contributed by atoms with Gasteiger partial charge >= 0.3 is 5.97 Å². The molecule has 1 unspecified atom stereocenters. The van der Waals surface area contributed by atoms with Gasteiger partial charge in [0.25, 0.3) is 0 Å². The van der Waals surface area contributed by atoms with Crippen LogP contribution in [-0.4, -0.2) is 40.2 Å². The number of carbonyl (C=O) groups is 1. The number of allylic oxidation sites excluding steroid dienone is 1. The number of aromatic nitrogens is 2. The van der Waals surface area contributed by atoms with Crippen LogP contribution in [0.3, 0.4) is 0 Å². The summed E-state index contributed by atoms with van der Waals surface area (Å²) in [7, 11) is 1.65. The third kappa shape index (κ3) is 8.02. The summed E-state index contributed by atoms with van der Waals surface area (Å²) in [6.07, 6.45) is 7.17. The minimum absolute atomic E-state index is 0.0624. The Hall–Kier alpha value is -4.04. The first-order valence-electron chi connectivity index (χ1n) is 15.9. The van der Waals surface area contributed by atoms with Crippen LogP contribution in [0.4, 0.5) is 0 Å². The fourth-order valence-electron chi connectivity index (χ4n) is 5.60. The van der Waals surface area contributed by atoms with Gasteiger partial charge in [0.15, 0.2) is 0 Å². The number of nitrogens with zero attached hydrogens (tertiary/aromatic N) is 3. The first-order valence-corrected chi connectivity index (χ1v) is 16.7. The van der Waals surface area contributed by atoms with Gasteiger partial charge in [-0.2, -0.15) is 0 Å². The van der Waals surface area contributed by atoms with Crippen LogP contribution in [-0.2, 0) is 33.8 Å². The van der Waals surface area contributed by atoms with E-state index in [2.05, 4.69) is 71.7 Å². The Morgan fingerprint density at radius 1 is 1.04 bits per heavy atom. The molecular weight excluding hydrogens is 595 g/mol.